The van der Waals surface area contributed by atoms with Crippen LogP contribution in [-0.2, 0) is 4.79 Å². The van der Waals surface area contributed by atoms with E-state index in [9.17, 15) is 4.79 Å². The number of amides is 1. The number of rotatable bonds is 3. The summed E-state index contributed by atoms with van der Waals surface area (Å²) in [5, 5.41) is 3.43. The molecule has 110 valence electrons. The lowest BCUT2D eigenvalue weighted by atomic mass is 10.0. The van der Waals surface area contributed by atoms with Crippen LogP contribution in [0.3, 0.4) is 0 Å². The Bertz CT molecular complexity index is 455. The summed E-state index contributed by atoms with van der Waals surface area (Å²) in [6.45, 7) is 6.97. The minimum Gasteiger partial charge on any atom is -0.347 e. The fourth-order valence-corrected chi connectivity index (χ4v) is 2.70. The van der Waals surface area contributed by atoms with Crippen LogP contribution in [0.4, 0.5) is 0 Å². The van der Waals surface area contributed by atoms with Crippen LogP contribution in [0.5, 0.6) is 0 Å². The van der Waals surface area contributed by atoms with Crippen LogP contribution >= 0.6 is 0 Å². The summed E-state index contributed by atoms with van der Waals surface area (Å²) < 4.78 is 0. The van der Waals surface area contributed by atoms with E-state index in [4.69, 9.17) is 0 Å². The molecule has 4 heteroatoms. The van der Waals surface area contributed by atoms with Gasteiger partial charge in [0, 0.05) is 39.8 Å². The number of benzene rings is 1. The van der Waals surface area contributed by atoms with Gasteiger partial charge in [0.1, 0.15) is 6.04 Å². The van der Waals surface area contributed by atoms with Gasteiger partial charge in [0.05, 0.1) is 0 Å². The van der Waals surface area contributed by atoms with Gasteiger partial charge < -0.3 is 10.2 Å². The molecule has 20 heavy (non-hydrogen) atoms. The van der Waals surface area contributed by atoms with Crippen LogP contribution in [0.25, 0.3) is 0 Å². The summed E-state index contributed by atoms with van der Waals surface area (Å²) >= 11 is 0. The molecule has 1 fully saturated rings. The number of nitrogens with zero attached hydrogens (tertiary/aromatic N) is 2. The number of carbonyl (C=O) groups is 1. The molecule has 1 heterocycles. The van der Waals surface area contributed by atoms with E-state index in [2.05, 4.69) is 48.3 Å². The Morgan fingerprint density at radius 3 is 2.55 bits per heavy atom. The number of hydrogen-bond acceptors (Lipinski definition) is 3. The van der Waals surface area contributed by atoms with Gasteiger partial charge in [-0.1, -0.05) is 29.8 Å². The Balaban J connectivity index is 2.29. The molecule has 1 N–H and O–H groups in total. The van der Waals surface area contributed by atoms with Crippen molar-refractivity contribution in [1.82, 2.24) is 15.1 Å². The number of aryl methyl sites for hydroxylation is 1. The van der Waals surface area contributed by atoms with Gasteiger partial charge in [-0.2, -0.15) is 0 Å². The van der Waals surface area contributed by atoms with Gasteiger partial charge in [0.2, 0.25) is 5.91 Å². The number of nitrogens with one attached hydrogen (secondary N) is 1. The molecular weight excluding hydrogens is 250 g/mol. The summed E-state index contributed by atoms with van der Waals surface area (Å²) in [6.07, 6.45) is 0. The van der Waals surface area contributed by atoms with Crippen molar-refractivity contribution in [3.05, 3.63) is 35.4 Å². The average molecular weight is 275 g/mol. The van der Waals surface area contributed by atoms with Gasteiger partial charge in [-0.15, -0.1) is 0 Å². The Hall–Kier alpha value is -1.39. The largest absolute Gasteiger partial charge is 0.347 e. The first-order valence-electron chi connectivity index (χ1n) is 7.24. The normalized spacial score (nSPS) is 21.5. The summed E-state index contributed by atoms with van der Waals surface area (Å²) in [6, 6.07) is 8.57. The first-order valence-corrected chi connectivity index (χ1v) is 7.24. The van der Waals surface area contributed by atoms with Crippen molar-refractivity contribution in [3.8, 4) is 0 Å². The number of carbonyl (C=O) groups excluding carboxylic acids is 1. The summed E-state index contributed by atoms with van der Waals surface area (Å²) in [5.74, 6) is 0.156. The first-order chi connectivity index (χ1) is 9.49. The summed E-state index contributed by atoms with van der Waals surface area (Å²) in [5.41, 5.74) is 2.31. The molecule has 1 amide bonds. The van der Waals surface area contributed by atoms with Crippen molar-refractivity contribution in [2.24, 2.45) is 0 Å². The SMILES string of the molecule is Cc1ccc(C(C(=O)N(C)C)N2CCNC(C)C2)cc1. The van der Waals surface area contributed by atoms with E-state index in [0.29, 0.717) is 6.04 Å². The van der Waals surface area contributed by atoms with E-state index >= 15 is 0 Å². The maximum atomic E-state index is 12.6. The minimum atomic E-state index is -0.171. The monoisotopic (exact) mass is 275 g/mol. The van der Waals surface area contributed by atoms with Crippen molar-refractivity contribution < 1.29 is 4.79 Å². The van der Waals surface area contributed by atoms with Crippen molar-refractivity contribution in [2.45, 2.75) is 25.9 Å². The highest BCUT2D eigenvalue weighted by Gasteiger charge is 2.31. The van der Waals surface area contributed by atoms with Crippen LogP contribution < -0.4 is 5.32 Å². The fraction of sp³-hybridized carbons (Fsp3) is 0.562. The summed E-state index contributed by atoms with van der Waals surface area (Å²) in [4.78, 5) is 16.6. The highest BCUT2D eigenvalue weighted by atomic mass is 16.2. The number of piperazine rings is 1. The molecule has 1 saturated heterocycles. The predicted octanol–water partition coefficient (Wildman–Crippen LogP) is 1.42. The van der Waals surface area contributed by atoms with Gasteiger partial charge in [-0.25, -0.2) is 0 Å². The molecule has 0 aromatic heterocycles. The standard InChI is InChI=1S/C16H25N3O/c1-12-5-7-14(8-6-12)15(16(20)18(3)4)19-10-9-17-13(2)11-19/h5-8,13,15,17H,9-11H2,1-4H3. The van der Waals surface area contributed by atoms with Gasteiger partial charge >= 0.3 is 0 Å². The van der Waals surface area contributed by atoms with Crippen LogP contribution in [0.15, 0.2) is 24.3 Å². The molecule has 0 aliphatic carbocycles. The van der Waals surface area contributed by atoms with Crippen molar-refractivity contribution in [2.75, 3.05) is 33.7 Å². The molecule has 0 spiro atoms. The predicted molar refractivity (Wildman–Crippen MR) is 81.7 cm³/mol. The molecular formula is C16H25N3O. The lowest BCUT2D eigenvalue weighted by molar-refractivity contribution is -0.135. The van der Waals surface area contributed by atoms with Gasteiger partial charge in [-0.05, 0) is 19.4 Å². The number of hydrogen-bond donors (Lipinski definition) is 1. The van der Waals surface area contributed by atoms with Crippen molar-refractivity contribution in [3.63, 3.8) is 0 Å². The zero-order valence-electron chi connectivity index (χ0n) is 12.9. The minimum absolute atomic E-state index is 0.156. The average Bonchev–Trinajstić information content (AvgIpc) is 2.41. The van der Waals surface area contributed by atoms with E-state index in [1.54, 1.807) is 4.90 Å². The van der Waals surface area contributed by atoms with Crippen molar-refractivity contribution >= 4 is 5.91 Å². The Morgan fingerprint density at radius 2 is 2.00 bits per heavy atom. The second-order valence-corrected chi connectivity index (χ2v) is 5.90. The molecule has 2 rings (SSSR count). The third-order valence-electron chi connectivity index (χ3n) is 3.83. The third-order valence-corrected chi connectivity index (χ3v) is 3.83. The molecule has 1 aliphatic rings. The topological polar surface area (TPSA) is 35.6 Å². The molecule has 2 unspecified atom stereocenters. The fourth-order valence-electron chi connectivity index (χ4n) is 2.70. The second-order valence-electron chi connectivity index (χ2n) is 5.90. The van der Waals surface area contributed by atoms with Crippen LogP contribution in [0.1, 0.15) is 24.1 Å². The molecule has 2 atom stereocenters. The molecule has 1 aromatic carbocycles. The Kier molecular flexibility index (Phi) is 4.78. The summed E-state index contributed by atoms with van der Waals surface area (Å²) in [7, 11) is 3.66. The maximum Gasteiger partial charge on any atom is 0.244 e. The zero-order valence-corrected chi connectivity index (χ0v) is 12.9. The van der Waals surface area contributed by atoms with E-state index < -0.39 is 0 Å². The van der Waals surface area contributed by atoms with Crippen molar-refractivity contribution in [1.29, 1.82) is 0 Å². The van der Waals surface area contributed by atoms with E-state index in [1.807, 2.05) is 14.1 Å². The molecule has 0 radical (unpaired) electrons. The Morgan fingerprint density at radius 1 is 1.35 bits per heavy atom. The van der Waals surface area contributed by atoms with Gasteiger partial charge in [-0.3, -0.25) is 9.69 Å². The van der Waals surface area contributed by atoms with E-state index in [0.717, 1.165) is 25.2 Å². The molecule has 0 saturated carbocycles. The quantitative estimate of drug-likeness (QED) is 0.906. The van der Waals surface area contributed by atoms with E-state index in [-0.39, 0.29) is 11.9 Å². The smallest absolute Gasteiger partial charge is 0.244 e. The van der Waals surface area contributed by atoms with E-state index in [1.165, 1.54) is 5.56 Å². The molecule has 1 aromatic rings. The molecule has 1 aliphatic heterocycles. The lowest BCUT2D eigenvalue weighted by Gasteiger charge is -2.38. The molecule has 4 nitrogen and oxygen atoms in total. The molecule has 0 bridgehead atoms. The zero-order chi connectivity index (χ0) is 14.7. The van der Waals surface area contributed by atoms with Gasteiger partial charge in [0.15, 0.2) is 0 Å². The lowest BCUT2D eigenvalue weighted by Crippen LogP contribution is -2.53. The third kappa shape index (κ3) is 3.38. The maximum absolute atomic E-state index is 12.6. The first kappa shape index (κ1) is 15.0. The Labute approximate surface area is 121 Å². The van der Waals surface area contributed by atoms with Crippen LogP contribution in [-0.4, -0.2) is 55.5 Å². The van der Waals surface area contributed by atoms with Gasteiger partial charge in [0.25, 0.3) is 0 Å². The second kappa shape index (κ2) is 6.37. The van der Waals surface area contributed by atoms with Crippen LogP contribution in [0, 0.1) is 6.92 Å². The highest BCUT2D eigenvalue weighted by Crippen LogP contribution is 2.24. The van der Waals surface area contributed by atoms with Crippen LogP contribution in [0.2, 0.25) is 0 Å². The number of likely N-dealkylation sites (N-methyl/N-ethyl adjacent to an activating group) is 1. The highest BCUT2D eigenvalue weighted by molar-refractivity contribution is 5.83.